The first-order valence-electron chi connectivity index (χ1n) is 8.89. The monoisotopic (exact) mass is 358 g/mol. The molecule has 1 aromatic carbocycles. The van der Waals surface area contributed by atoms with E-state index in [1.807, 2.05) is 35.0 Å². The second-order valence-electron chi connectivity index (χ2n) is 6.97. The summed E-state index contributed by atoms with van der Waals surface area (Å²) >= 11 is 0. The standard InChI is InChI=1S/C19H26N4O3/c1-22(2)17(24)12-23-8-5-13-3-4-15(11-16(13)23)21-19(25)18(20)14-6-9-26-10-7-14/h3-5,8,11,14,18H,6-7,9-10,12,20H2,1-2H3,(H,21,25). The minimum absolute atomic E-state index is 0.0125. The van der Waals surface area contributed by atoms with E-state index in [1.54, 1.807) is 19.0 Å². The van der Waals surface area contributed by atoms with Gasteiger partial charge in [0.15, 0.2) is 0 Å². The number of benzene rings is 1. The molecule has 2 amide bonds. The molecule has 1 unspecified atom stereocenters. The molecular weight excluding hydrogens is 332 g/mol. The van der Waals surface area contributed by atoms with Crippen LogP contribution < -0.4 is 11.1 Å². The van der Waals surface area contributed by atoms with Gasteiger partial charge in [-0.25, -0.2) is 0 Å². The number of hydrogen-bond acceptors (Lipinski definition) is 4. The Morgan fingerprint density at radius 3 is 2.73 bits per heavy atom. The smallest absolute Gasteiger partial charge is 0.241 e. The predicted octanol–water partition coefficient (Wildman–Crippen LogP) is 1.42. The van der Waals surface area contributed by atoms with Crippen LogP contribution in [-0.2, 0) is 20.9 Å². The summed E-state index contributed by atoms with van der Waals surface area (Å²) in [5, 5.41) is 3.93. The molecule has 1 fully saturated rings. The Balaban J connectivity index is 1.73. The average Bonchev–Trinajstić information content (AvgIpc) is 3.04. The van der Waals surface area contributed by atoms with E-state index in [2.05, 4.69) is 5.32 Å². The van der Waals surface area contributed by atoms with Gasteiger partial charge in [0.25, 0.3) is 0 Å². The van der Waals surface area contributed by atoms with Gasteiger partial charge in [0.2, 0.25) is 11.8 Å². The van der Waals surface area contributed by atoms with Gasteiger partial charge in [-0.05, 0) is 42.3 Å². The lowest BCUT2D eigenvalue weighted by Crippen LogP contribution is -2.44. The Labute approximate surface area is 153 Å². The third kappa shape index (κ3) is 4.05. The highest BCUT2D eigenvalue weighted by Gasteiger charge is 2.26. The van der Waals surface area contributed by atoms with Crippen LogP contribution >= 0.6 is 0 Å². The number of nitrogens with zero attached hydrogens (tertiary/aromatic N) is 2. The van der Waals surface area contributed by atoms with Crippen LogP contribution in [0.2, 0.25) is 0 Å². The second kappa shape index (κ2) is 7.88. The lowest BCUT2D eigenvalue weighted by Gasteiger charge is -2.26. The summed E-state index contributed by atoms with van der Waals surface area (Å²) in [6, 6.07) is 7.08. The zero-order valence-electron chi connectivity index (χ0n) is 15.3. The molecular formula is C19H26N4O3. The molecule has 3 rings (SSSR count). The predicted molar refractivity (Wildman–Crippen MR) is 101 cm³/mol. The average molecular weight is 358 g/mol. The van der Waals surface area contributed by atoms with Gasteiger partial charge in [0.05, 0.1) is 11.6 Å². The summed E-state index contributed by atoms with van der Waals surface area (Å²) in [6.07, 6.45) is 3.50. The number of ether oxygens (including phenoxy) is 1. The summed E-state index contributed by atoms with van der Waals surface area (Å²) < 4.78 is 7.21. The van der Waals surface area contributed by atoms with Crippen molar-refractivity contribution in [3.8, 4) is 0 Å². The third-order valence-electron chi connectivity index (χ3n) is 4.92. The number of carbonyl (C=O) groups is 2. The molecule has 140 valence electrons. The van der Waals surface area contributed by atoms with Gasteiger partial charge in [-0.3, -0.25) is 9.59 Å². The van der Waals surface area contributed by atoms with Gasteiger partial charge in [0, 0.05) is 39.2 Å². The van der Waals surface area contributed by atoms with Crippen molar-refractivity contribution in [2.75, 3.05) is 32.6 Å². The van der Waals surface area contributed by atoms with E-state index in [1.165, 1.54) is 0 Å². The van der Waals surface area contributed by atoms with Crippen LogP contribution in [0.15, 0.2) is 30.5 Å². The first-order chi connectivity index (χ1) is 12.5. The van der Waals surface area contributed by atoms with Gasteiger partial charge in [-0.1, -0.05) is 6.07 Å². The molecule has 0 bridgehead atoms. The first-order valence-corrected chi connectivity index (χ1v) is 8.89. The van der Waals surface area contributed by atoms with E-state index in [0.717, 1.165) is 23.7 Å². The highest BCUT2D eigenvalue weighted by Crippen LogP contribution is 2.22. The van der Waals surface area contributed by atoms with Crippen LogP contribution in [-0.4, -0.2) is 54.6 Å². The number of hydrogen-bond donors (Lipinski definition) is 2. The molecule has 0 radical (unpaired) electrons. The number of fused-ring (bicyclic) bond motifs is 1. The van der Waals surface area contributed by atoms with E-state index >= 15 is 0 Å². The minimum atomic E-state index is -0.545. The maximum absolute atomic E-state index is 12.5. The van der Waals surface area contributed by atoms with Crippen LogP contribution in [0.5, 0.6) is 0 Å². The molecule has 2 heterocycles. The largest absolute Gasteiger partial charge is 0.381 e. The third-order valence-corrected chi connectivity index (χ3v) is 4.92. The van der Waals surface area contributed by atoms with E-state index in [9.17, 15) is 9.59 Å². The van der Waals surface area contributed by atoms with Gasteiger partial charge in [0.1, 0.15) is 6.54 Å². The maximum atomic E-state index is 12.5. The number of rotatable bonds is 5. The normalized spacial score (nSPS) is 16.4. The highest BCUT2D eigenvalue weighted by molar-refractivity contribution is 5.97. The van der Waals surface area contributed by atoms with Crippen molar-refractivity contribution in [2.45, 2.75) is 25.4 Å². The van der Waals surface area contributed by atoms with Crippen molar-refractivity contribution < 1.29 is 14.3 Å². The molecule has 1 aliphatic heterocycles. The molecule has 1 aliphatic rings. The molecule has 7 nitrogen and oxygen atoms in total. The SMILES string of the molecule is CN(C)C(=O)Cn1ccc2ccc(NC(=O)C(N)C3CCOCC3)cc21. The van der Waals surface area contributed by atoms with Crippen molar-refractivity contribution in [3.63, 3.8) is 0 Å². The van der Waals surface area contributed by atoms with Gasteiger partial charge in [-0.15, -0.1) is 0 Å². The number of nitrogens with two attached hydrogens (primary N) is 1. The topological polar surface area (TPSA) is 89.6 Å². The fourth-order valence-corrected chi connectivity index (χ4v) is 3.20. The van der Waals surface area contributed by atoms with E-state index in [0.29, 0.717) is 18.9 Å². The van der Waals surface area contributed by atoms with Crippen molar-refractivity contribution in [1.82, 2.24) is 9.47 Å². The minimum Gasteiger partial charge on any atom is -0.381 e. The quantitative estimate of drug-likeness (QED) is 0.846. The second-order valence-corrected chi connectivity index (χ2v) is 6.97. The zero-order valence-corrected chi connectivity index (χ0v) is 15.3. The number of aromatic nitrogens is 1. The molecule has 7 heteroatoms. The molecule has 1 aromatic heterocycles. The Kier molecular flexibility index (Phi) is 5.58. The van der Waals surface area contributed by atoms with Crippen LogP contribution in [0, 0.1) is 5.92 Å². The highest BCUT2D eigenvalue weighted by atomic mass is 16.5. The van der Waals surface area contributed by atoms with Crippen LogP contribution in [0.3, 0.4) is 0 Å². The number of anilines is 1. The number of amides is 2. The van der Waals surface area contributed by atoms with Crippen LogP contribution in [0.1, 0.15) is 12.8 Å². The first kappa shape index (κ1) is 18.4. The Hall–Kier alpha value is -2.38. The molecule has 0 spiro atoms. The Morgan fingerprint density at radius 2 is 2.04 bits per heavy atom. The summed E-state index contributed by atoms with van der Waals surface area (Å²) in [5.41, 5.74) is 7.72. The zero-order chi connectivity index (χ0) is 18.7. The molecule has 1 atom stereocenters. The molecule has 0 aliphatic carbocycles. The van der Waals surface area contributed by atoms with Crippen LogP contribution in [0.25, 0.3) is 10.9 Å². The summed E-state index contributed by atoms with van der Waals surface area (Å²) in [5.74, 6) is -0.0220. The Bertz CT molecular complexity index is 793. The maximum Gasteiger partial charge on any atom is 0.241 e. The molecule has 3 N–H and O–H groups in total. The van der Waals surface area contributed by atoms with E-state index in [4.69, 9.17) is 10.5 Å². The lowest BCUT2D eigenvalue weighted by atomic mass is 9.92. The van der Waals surface area contributed by atoms with Crippen molar-refractivity contribution in [2.24, 2.45) is 11.7 Å². The van der Waals surface area contributed by atoms with Gasteiger partial charge >= 0.3 is 0 Å². The van der Waals surface area contributed by atoms with E-state index < -0.39 is 6.04 Å². The number of likely N-dealkylation sites (N-methyl/N-ethyl adjacent to an activating group) is 1. The fraction of sp³-hybridized carbons (Fsp3) is 0.474. The molecule has 2 aromatic rings. The lowest BCUT2D eigenvalue weighted by molar-refractivity contribution is -0.129. The number of nitrogens with one attached hydrogen (secondary N) is 1. The molecule has 0 saturated carbocycles. The molecule has 26 heavy (non-hydrogen) atoms. The summed E-state index contributed by atoms with van der Waals surface area (Å²) in [6.45, 7) is 1.57. The molecule has 1 saturated heterocycles. The Morgan fingerprint density at radius 1 is 1.31 bits per heavy atom. The fourth-order valence-electron chi connectivity index (χ4n) is 3.20. The van der Waals surface area contributed by atoms with Gasteiger partial charge < -0.3 is 25.3 Å². The van der Waals surface area contributed by atoms with Crippen molar-refractivity contribution in [1.29, 1.82) is 0 Å². The summed E-state index contributed by atoms with van der Waals surface area (Å²) in [4.78, 5) is 26.0. The summed E-state index contributed by atoms with van der Waals surface area (Å²) in [7, 11) is 3.47. The van der Waals surface area contributed by atoms with E-state index in [-0.39, 0.29) is 24.3 Å². The van der Waals surface area contributed by atoms with Crippen LogP contribution in [0.4, 0.5) is 5.69 Å². The number of carbonyl (C=O) groups excluding carboxylic acids is 2. The van der Waals surface area contributed by atoms with Gasteiger partial charge in [-0.2, -0.15) is 0 Å². The van der Waals surface area contributed by atoms with Crippen molar-refractivity contribution in [3.05, 3.63) is 30.5 Å². The van der Waals surface area contributed by atoms with Crippen molar-refractivity contribution >= 4 is 28.4 Å².